The minimum Gasteiger partial charge on any atom is -0.324 e. The molecule has 2 rings (SSSR count). The fourth-order valence-corrected chi connectivity index (χ4v) is 2.37. The van der Waals surface area contributed by atoms with Gasteiger partial charge in [-0.2, -0.15) is 0 Å². The van der Waals surface area contributed by atoms with E-state index in [-0.39, 0.29) is 6.04 Å². The van der Waals surface area contributed by atoms with Crippen molar-refractivity contribution in [2.24, 2.45) is 5.73 Å². The van der Waals surface area contributed by atoms with Crippen molar-refractivity contribution in [3.8, 4) is 0 Å². The van der Waals surface area contributed by atoms with Crippen LogP contribution in [0, 0.1) is 0 Å². The summed E-state index contributed by atoms with van der Waals surface area (Å²) < 4.78 is 0. The Morgan fingerprint density at radius 3 is 2.44 bits per heavy atom. The van der Waals surface area contributed by atoms with Crippen LogP contribution in [0.2, 0.25) is 0 Å². The molecule has 1 saturated heterocycles. The molecule has 1 atom stereocenters. The van der Waals surface area contributed by atoms with Gasteiger partial charge in [-0.1, -0.05) is 36.8 Å². The molecule has 1 aromatic carbocycles. The van der Waals surface area contributed by atoms with Crippen molar-refractivity contribution < 1.29 is 0 Å². The number of nitrogens with two attached hydrogens (primary N) is 1. The molecule has 0 amide bonds. The predicted molar refractivity (Wildman–Crippen MR) is 68.3 cm³/mol. The van der Waals surface area contributed by atoms with Crippen molar-refractivity contribution in [2.75, 3.05) is 19.6 Å². The van der Waals surface area contributed by atoms with Crippen LogP contribution in [0.3, 0.4) is 0 Å². The standard InChI is InChI=1S/C14H22N2/c15-14(13-7-3-1-4-8-13)9-12-16-10-5-2-6-11-16/h1,3-4,7-8,14H,2,5-6,9-12,15H2. The van der Waals surface area contributed by atoms with Crippen LogP contribution in [0.5, 0.6) is 0 Å². The van der Waals surface area contributed by atoms with Crippen LogP contribution in [0.15, 0.2) is 30.3 Å². The monoisotopic (exact) mass is 218 g/mol. The minimum absolute atomic E-state index is 0.197. The second-order valence-corrected chi connectivity index (χ2v) is 4.71. The Bertz CT molecular complexity index is 291. The lowest BCUT2D eigenvalue weighted by atomic mass is 10.0. The van der Waals surface area contributed by atoms with E-state index < -0.39 is 0 Å². The summed E-state index contributed by atoms with van der Waals surface area (Å²) in [6.07, 6.45) is 5.20. The topological polar surface area (TPSA) is 29.3 Å². The summed E-state index contributed by atoms with van der Waals surface area (Å²) in [6, 6.07) is 10.6. The van der Waals surface area contributed by atoms with Gasteiger partial charge in [-0.15, -0.1) is 0 Å². The summed E-state index contributed by atoms with van der Waals surface area (Å²) in [4.78, 5) is 2.55. The zero-order chi connectivity index (χ0) is 11.2. The number of nitrogens with zero attached hydrogens (tertiary/aromatic N) is 1. The van der Waals surface area contributed by atoms with Gasteiger partial charge in [-0.05, 0) is 44.5 Å². The van der Waals surface area contributed by atoms with Crippen LogP contribution in [0.4, 0.5) is 0 Å². The van der Waals surface area contributed by atoms with E-state index in [1.54, 1.807) is 0 Å². The van der Waals surface area contributed by atoms with Gasteiger partial charge in [-0.25, -0.2) is 0 Å². The molecule has 88 valence electrons. The maximum absolute atomic E-state index is 6.19. The van der Waals surface area contributed by atoms with Gasteiger partial charge in [0.25, 0.3) is 0 Å². The Morgan fingerprint density at radius 1 is 1.06 bits per heavy atom. The molecule has 0 aromatic heterocycles. The molecule has 0 radical (unpaired) electrons. The van der Waals surface area contributed by atoms with E-state index in [0.29, 0.717) is 0 Å². The number of hydrogen-bond donors (Lipinski definition) is 1. The van der Waals surface area contributed by atoms with Gasteiger partial charge >= 0.3 is 0 Å². The van der Waals surface area contributed by atoms with Crippen molar-refractivity contribution in [1.29, 1.82) is 0 Å². The molecule has 2 N–H and O–H groups in total. The largest absolute Gasteiger partial charge is 0.324 e. The lowest BCUT2D eigenvalue weighted by molar-refractivity contribution is 0.221. The molecule has 2 heteroatoms. The smallest absolute Gasteiger partial charge is 0.0307 e. The number of benzene rings is 1. The maximum atomic E-state index is 6.19. The highest BCUT2D eigenvalue weighted by Gasteiger charge is 2.12. The number of rotatable bonds is 4. The molecule has 0 spiro atoms. The molecule has 1 unspecified atom stereocenters. The molecule has 2 nitrogen and oxygen atoms in total. The SMILES string of the molecule is NC(CCN1CCCCC1)c1ccccc1. The summed E-state index contributed by atoms with van der Waals surface area (Å²) in [5, 5.41) is 0. The molecule has 0 aliphatic carbocycles. The van der Waals surface area contributed by atoms with Crippen molar-refractivity contribution >= 4 is 0 Å². The van der Waals surface area contributed by atoms with Crippen molar-refractivity contribution in [3.63, 3.8) is 0 Å². The average Bonchev–Trinajstić information content (AvgIpc) is 2.38. The third-order valence-corrected chi connectivity index (χ3v) is 3.43. The first-order chi connectivity index (χ1) is 7.86. The fraction of sp³-hybridized carbons (Fsp3) is 0.571. The van der Waals surface area contributed by atoms with Gasteiger partial charge in [0.2, 0.25) is 0 Å². The van der Waals surface area contributed by atoms with E-state index in [0.717, 1.165) is 13.0 Å². The third-order valence-electron chi connectivity index (χ3n) is 3.43. The predicted octanol–water partition coefficient (Wildman–Crippen LogP) is 2.56. The molecule has 1 aliphatic heterocycles. The van der Waals surface area contributed by atoms with Gasteiger partial charge in [0.1, 0.15) is 0 Å². The van der Waals surface area contributed by atoms with Crippen LogP contribution >= 0.6 is 0 Å². The van der Waals surface area contributed by atoms with Crippen LogP contribution in [-0.2, 0) is 0 Å². The highest BCUT2D eigenvalue weighted by molar-refractivity contribution is 5.18. The Hall–Kier alpha value is -0.860. The number of hydrogen-bond acceptors (Lipinski definition) is 2. The van der Waals surface area contributed by atoms with Gasteiger partial charge < -0.3 is 10.6 Å². The Kier molecular flexibility index (Phi) is 4.37. The summed E-state index contributed by atoms with van der Waals surface area (Å²) in [7, 11) is 0. The average molecular weight is 218 g/mol. The van der Waals surface area contributed by atoms with E-state index in [1.165, 1.54) is 37.9 Å². The van der Waals surface area contributed by atoms with Gasteiger partial charge in [0.05, 0.1) is 0 Å². The van der Waals surface area contributed by atoms with Crippen molar-refractivity contribution in [3.05, 3.63) is 35.9 Å². The molecule has 1 aromatic rings. The normalized spacial score (nSPS) is 19.6. The zero-order valence-electron chi connectivity index (χ0n) is 9.94. The molecule has 0 bridgehead atoms. The van der Waals surface area contributed by atoms with Gasteiger partial charge in [-0.3, -0.25) is 0 Å². The Morgan fingerprint density at radius 2 is 1.75 bits per heavy atom. The number of likely N-dealkylation sites (tertiary alicyclic amines) is 1. The van der Waals surface area contributed by atoms with Gasteiger partial charge in [0, 0.05) is 6.04 Å². The molecule has 16 heavy (non-hydrogen) atoms. The van der Waals surface area contributed by atoms with Crippen LogP contribution in [0.1, 0.15) is 37.3 Å². The zero-order valence-corrected chi connectivity index (χ0v) is 9.94. The highest BCUT2D eigenvalue weighted by atomic mass is 15.1. The minimum atomic E-state index is 0.197. The van der Waals surface area contributed by atoms with Crippen LogP contribution in [0.25, 0.3) is 0 Å². The fourth-order valence-electron chi connectivity index (χ4n) is 2.37. The quantitative estimate of drug-likeness (QED) is 0.841. The van der Waals surface area contributed by atoms with E-state index in [1.807, 2.05) is 6.07 Å². The van der Waals surface area contributed by atoms with E-state index in [4.69, 9.17) is 5.73 Å². The van der Waals surface area contributed by atoms with Crippen LogP contribution in [-0.4, -0.2) is 24.5 Å². The molecule has 1 heterocycles. The lowest BCUT2D eigenvalue weighted by Gasteiger charge is -2.27. The summed E-state index contributed by atoms with van der Waals surface area (Å²) in [5.41, 5.74) is 7.45. The van der Waals surface area contributed by atoms with Crippen molar-refractivity contribution in [1.82, 2.24) is 4.90 Å². The van der Waals surface area contributed by atoms with E-state index in [2.05, 4.69) is 29.2 Å². The first kappa shape index (κ1) is 11.6. The first-order valence-electron chi connectivity index (χ1n) is 6.39. The highest BCUT2D eigenvalue weighted by Crippen LogP contribution is 2.15. The Balaban J connectivity index is 1.77. The maximum Gasteiger partial charge on any atom is 0.0307 e. The summed E-state index contributed by atoms with van der Waals surface area (Å²) >= 11 is 0. The summed E-state index contributed by atoms with van der Waals surface area (Å²) in [5.74, 6) is 0. The lowest BCUT2D eigenvalue weighted by Crippen LogP contribution is -2.32. The molecular weight excluding hydrogens is 196 g/mol. The summed E-state index contributed by atoms with van der Waals surface area (Å²) in [6.45, 7) is 3.68. The van der Waals surface area contributed by atoms with Gasteiger partial charge in [0.15, 0.2) is 0 Å². The van der Waals surface area contributed by atoms with Crippen LogP contribution < -0.4 is 5.73 Å². The number of piperidine rings is 1. The first-order valence-corrected chi connectivity index (χ1v) is 6.39. The second-order valence-electron chi connectivity index (χ2n) is 4.71. The molecule has 0 saturated carbocycles. The second kappa shape index (κ2) is 6.02. The molecule has 1 fully saturated rings. The molecule has 1 aliphatic rings. The van der Waals surface area contributed by atoms with Crippen molar-refractivity contribution in [2.45, 2.75) is 31.7 Å². The van der Waals surface area contributed by atoms with E-state index >= 15 is 0 Å². The molecular formula is C14H22N2. The third kappa shape index (κ3) is 3.32. The Labute approximate surface area is 98.4 Å². The van der Waals surface area contributed by atoms with E-state index in [9.17, 15) is 0 Å².